The lowest BCUT2D eigenvalue weighted by atomic mass is 10.5. The standard InChI is InChI=1S/C10H10ClN3O3S/c1-6-5-18-10(17)14(6)3-2-13-4-7(11)8(15)12-9(13)16/h4-5H,2-3H2,1H3,(H,12,15,16). The van der Waals surface area contributed by atoms with E-state index >= 15 is 0 Å². The molecule has 6 nitrogen and oxygen atoms in total. The molecule has 2 heterocycles. The number of nitrogens with zero attached hydrogens (tertiary/aromatic N) is 2. The van der Waals surface area contributed by atoms with Gasteiger partial charge in [0.05, 0.1) is 0 Å². The Morgan fingerprint density at radius 2 is 2.06 bits per heavy atom. The van der Waals surface area contributed by atoms with Crippen molar-refractivity contribution in [2.45, 2.75) is 20.0 Å². The van der Waals surface area contributed by atoms with Crippen LogP contribution >= 0.6 is 22.9 Å². The predicted molar refractivity (Wildman–Crippen MR) is 69.6 cm³/mol. The molecule has 0 radical (unpaired) electrons. The average Bonchev–Trinajstić information content (AvgIpc) is 2.62. The summed E-state index contributed by atoms with van der Waals surface area (Å²) in [5.74, 6) is 0. The molecule has 0 fully saturated rings. The minimum Gasteiger partial charge on any atom is -0.302 e. The Morgan fingerprint density at radius 3 is 2.67 bits per heavy atom. The second kappa shape index (κ2) is 4.95. The van der Waals surface area contributed by atoms with Crippen LogP contribution in [-0.2, 0) is 13.1 Å². The molecule has 0 aliphatic heterocycles. The third-order valence-corrected chi connectivity index (χ3v) is 3.66. The van der Waals surface area contributed by atoms with Crippen LogP contribution in [0.25, 0.3) is 0 Å². The first-order chi connectivity index (χ1) is 8.49. The first-order valence-electron chi connectivity index (χ1n) is 5.13. The van der Waals surface area contributed by atoms with Gasteiger partial charge in [-0.1, -0.05) is 22.9 Å². The molecule has 0 amide bonds. The molecule has 1 N–H and O–H groups in total. The van der Waals surface area contributed by atoms with E-state index in [-0.39, 0.29) is 16.4 Å². The zero-order valence-corrected chi connectivity index (χ0v) is 11.0. The number of H-pyrrole nitrogens is 1. The van der Waals surface area contributed by atoms with Crippen molar-refractivity contribution in [3.05, 3.63) is 52.8 Å². The number of aryl methyl sites for hydroxylation is 2. The monoisotopic (exact) mass is 287 g/mol. The van der Waals surface area contributed by atoms with Gasteiger partial charge < -0.3 is 4.57 Å². The normalized spacial score (nSPS) is 10.8. The molecule has 0 saturated carbocycles. The SMILES string of the molecule is Cc1csc(=O)n1CCn1cc(Cl)c(=O)[nH]c1=O. The molecule has 2 aromatic heterocycles. The fourth-order valence-corrected chi connectivity index (χ4v) is 2.46. The smallest absolute Gasteiger partial charge is 0.302 e. The molecule has 0 saturated heterocycles. The number of thiazole rings is 1. The molecular weight excluding hydrogens is 278 g/mol. The van der Waals surface area contributed by atoms with Crippen LogP contribution in [0.4, 0.5) is 0 Å². The quantitative estimate of drug-likeness (QED) is 0.889. The van der Waals surface area contributed by atoms with E-state index in [2.05, 4.69) is 4.98 Å². The number of rotatable bonds is 3. The van der Waals surface area contributed by atoms with Gasteiger partial charge in [-0.05, 0) is 6.92 Å². The molecule has 18 heavy (non-hydrogen) atoms. The van der Waals surface area contributed by atoms with Crippen molar-refractivity contribution in [2.24, 2.45) is 0 Å². The van der Waals surface area contributed by atoms with E-state index in [1.165, 1.54) is 10.8 Å². The predicted octanol–water partition coefficient (Wildman–Crippen LogP) is 0.422. The molecule has 96 valence electrons. The summed E-state index contributed by atoms with van der Waals surface area (Å²) in [6, 6.07) is 0. The summed E-state index contributed by atoms with van der Waals surface area (Å²) in [7, 11) is 0. The highest BCUT2D eigenvalue weighted by Gasteiger charge is 2.05. The van der Waals surface area contributed by atoms with Gasteiger partial charge in [0.15, 0.2) is 0 Å². The fraction of sp³-hybridized carbons (Fsp3) is 0.300. The van der Waals surface area contributed by atoms with Crippen LogP contribution in [0, 0.1) is 6.92 Å². The van der Waals surface area contributed by atoms with Gasteiger partial charge in [0.25, 0.3) is 5.56 Å². The molecule has 0 atom stereocenters. The summed E-state index contributed by atoms with van der Waals surface area (Å²) in [5.41, 5.74) is -0.305. The highest BCUT2D eigenvalue weighted by molar-refractivity contribution is 7.07. The topological polar surface area (TPSA) is 76.9 Å². The fourth-order valence-electron chi connectivity index (χ4n) is 1.53. The van der Waals surface area contributed by atoms with Crippen LogP contribution in [0.3, 0.4) is 0 Å². The van der Waals surface area contributed by atoms with Crippen molar-refractivity contribution in [3.63, 3.8) is 0 Å². The van der Waals surface area contributed by atoms with Crippen molar-refractivity contribution in [3.8, 4) is 0 Å². The third-order valence-electron chi connectivity index (χ3n) is 2.51. The van der Waals surface area contributed by atoms with Crippen LogP contribution in [0.1, 0.15) is 5.69 Å². The van der Waals surface area contributed by atoms with Crippen molar-refractivity contribution in [1.29, 1.82) is 0 Å². The first-order valence-corrected chi connectivity index (χ1v) is 6.39. The number of aromatic amines is 1. The van der Waals surface area contributed by atoms with Crippen LogP contribution in [0.5, 0.6) is 0 Å². The number of nitrogens with one attached hydrogen (secondary N) is 1. The van der Waals surface area contributed by atoms with E-state index in [0.717, 1.165) is 17.0 Å². The molecule has 0 aliphatic carbocycles. The Labute approximate surface area is 110 Å². The molecular formula is C10H10ClN3O3S. The van der Waals surface area contributed by atoms with E-state index in [1.54, 1.807) is 9.95 Å². The molecule has 0 bridgehead atoms. The van der Waals surface area contributed by atoms with Gasteiger partial charge in [-0.25, -0.2) is 4.79 Å². The van der Waals surface area contributed by atoms with Gasteiger partial charge in [0, 0.05) is 30.4 Å². The molecule has 0 aliphatic rings. The highest BCUT2D eigenvalue weighted by atomic mass is 35.5. The minimum absolute atomic E-state index is 0.0519. The summed E-state index contributed by atoms with van der Waals surface area (Å²) >= 11 is 6.75. The van der Waals surface area contributed by atoms with Gasteiger partial charge in [-0.2, -0.15) is 0 Å². The van der Waals surface area contributed by atoms with Crippen LogP contribution in [0.15, 0.2) is 26.0 Å². The summed E-state index contributed by atoms with van der Waals surface area (Å²) in [6.45, 7) is 2.45. The maximum absolute atomic E-state index is 11.5. The number of hydrogen-bond acceptors (Lipinski definition) is 4. The van der Waals surface area contributed by atoms with Crippen molar-refractivity contribution >= 4 is 22.9 Å². The van der Waals surface area contributed by atoms with Gasteiger partial charge in [-0.3, -0.25) is 19.1 Å². The van der Waals surface area contributed by atoms with E-state index < -0.39 is 11.2 Å². The van der Waals surface area contributed by atoms with Crippen LogP contribution in [0.2, 0.25) is 5.02 Å². The number of halogens is 1. The Hall–Kier alpha value is -1.60. The van der Waals surface area contributed by atoms with E-state index in [4.69, 9.17) is 11.6 Å². The van der Waals surface area contributed by atoms with Gasteiger partial charge in [0.1, 0.15) is 5.02 Å². The summed E-state index contributed by atoms with van der Waals surface area (Å²) in [6.07, 6.45) is 1.27. The minimum atomic E-state index is -0.609. The van der Waals surface area contributed by atoms with Gasteiger partial charge >= 0.3 is 10.6 Å². The lowest BCUT2D eigenvalue weighted by Gasteiger charge is -2.07. The highest BCUT2D eigenvalue weighted by Crippen LogP contribution is 2.00. The molecule has 0 spiro atoms. The Morgan fingerprint density at radius 1 is 1.33 bits per heavy atom. The van der Waals surface area contributed by atoms with E-state index in [0.29, 0.717) is 6.54 Å². The second-order valence-corrected chi connectivity index (χ2v) is 4.95. The second-order valence-electron chi connectivity index (χ2n) is 3.72. The maximum atomic E-state index is 11.5. The number of aromatic nitrogens is 3. The zero-order valence-electron chi connectivity index (χ0n) is 9.47. The van der Waals surface area contributed by atoms with Crippen molar-refractivity contribution < 1.29 is 0 Å². The third kappa shape index (κ3) is 2.46. The Kier molecular flexibility index (Phi) is 3.53. The lowest BCUT2D eigenvalue weighted by Crippen LogP contribution is -2.31. The van der Waals surface area contributed by atoms with E-state index in [9.17, 15) is 14.4 Å². The molecule has 2 rings (SSSR count). The first kappa shape index (κ1) is 12.8. The Balaban J connectivity index is 2.27. The lowest BCUT2D eigenvalue weighted by molar-refractivity contribution is 0.541. The van der Waals surface area contributed by atoms with Crippen LogP contribution in [-0.4, -0.2) is 14.1 Å². The van der Waals surface area contributed by atoms with Crippen LogP contribution < -0.4 is 16.1 Å². The van der Waals surface area contributed by atoms with E-state index in [1.807, 2.05) is 6.92 Å². The summed E-state index contributed by atoms with van der Waals surface area (Å²) < 4.78 is 2.84. The maximum Gasteiger partial charge on any atom is 0.328 e. The molecule has 0 aromatic carbocycles. The van der Waals surface area contributed by atoms with Crippen molar-refractivity contribution in [2.75, 3.05) is 0 Å². The average molecular weight is 288 g/mol. The molecule has 0 unspecified atom stereocenters. The zero-order chi connectivity index (χ0) is 13.3. The van der Waals surface area contributed by atoms with Gasteiger partial charge in [0.2, 0.25) is 0 Å². The summed E-state index contributed by atoms with van der Waals surface area (Å²) in [4.78, 5) is 36.1. The largest absolute Gasteiger partial charge is 0.328 e. The molecule has 8 heteroatoms. The molecule has 2 aromatic rings. The summed E-state index contributed by atoms with van der Waals surface area (Å²) in [5, 5.41) is 1.70. The van der Waals surface area contributed by atoms with Crippen molar-refractivity contribution in [1.82, 2.24) is 14.1 Å². The van der Waals surface area contributed by atoms with Gasteiger partial charge in [-0.15, -0.1) is 0 Å². The number of hydrogen-bond donors (Lipinski definition) is 1. The Bertz CT molecular complexity index is 740.